The fourth-order valence-corrected chi connectivity index (χ4v) is 4.70. The molecule has 2 amide bonds. The Hall–Kier alpha value is -2.78. The van der Waals surface area contributed by atoms with Crippen molar-refractivity contribution in [1.29, 1.82) is 0 Å². The number of halogens is 1. The van der Waals surface area contributed by atoms with E-state index in [-0.39, 0.29) is 11.8 Å². The van der Waals surface area contributed by atoms with Gasteiger partial charge in [0.1, 0.15) is 11.0 Å². The number of carbonyl (C=O) groups excluding carboxylic acids is 2. The summed E-state index contributed by atoms with van der Waals surface area (Å²) in [5.74, 6) is -0.371. The summed E-state index contributed by atoms with van der Waals surface area (Å²) < 4.78 is 0.832. The number of anilines is 2. The maximum atomic E-state index is 12.9. The van der Waals surface area contributed by atoms with Crippen LogP contribution in [0.4, 0.5) is 10.8 Å². The highest BCUT2D eigenvalue weighted by molar-refractivity contribution is 9.10. The lowest BCUT2D eigenvalue weighted by Gasteiger charge is -2.23. The fraction of sp³-hybridized carbons (Fsp3) is 0.273. The van der Waals surface area contributed by atoms with Gasteiger partial charge in [-0.25, -0.2) is 0 Å². The molecule has 0 bridgehead atoms. The standard InChI is InChI=1S/C22H22BrN5O2S/c1-27(2)17-10-8-14(9-11-17)20-25-26-22(31-20)24-19(29)18-7-4-12-28(18)21(30)15-5-3-6-16(23)13-15/h3,5-6,8-11,13,18H,4,7,12H2,1-2H3,(H,24,26,29). The summed E-state index contributed by atoms with van der Waals surface area (Å²) in [4.78, 5) is 29.5. The quantitative estimate of drug-likeness (QED) is 0.566. The summed E-state index contributed by atoms with van der Waals surface area (Å²) in [6.45, 7) is 0.559. The van der Waals surface area contributed by atoms with Crippen molar-refractivity contribution >= 4 is 49.9 Å². The van der Waals surface area contributed by atoms with Gasteiger partial charge in [-0.3, -0.25) is 14.9 Å². The van der Waals surface area contributed by atoms with Gasteiger partial charge in [-0.05, 0) is 55.3 Å². The van der Waals surface area contributed by atoms with Gasteiger partial charge in [-0.15, -0.1) is 10.2 Å². The molecule has 1 saturated heterocycles. The molecule has 2 aromatic carbocycles. The number of amides is 2. The molecule has 1 aliphatic rings. The van der Waals surface area contributed by atoms with Gasteiger partial charge in [-0.1, -0.05) is 33.3 Å². The van der Waals surface area contributed by atoms with Gasteiger partial charge in [0.05, 0.1) is 0 Å². The molecule has 7 nitrogen and oxygen atoms in total. The van der Waals surface area contributed by atoms with Crippen LogP contribution in [0.25, 0.3) is 10.6 Å². The smallest absolute Gasteiger partial charge is 0.254 e. The van der Waals surface area contributed by atoms with E-state index in [1.807, 2.05) is 55.4 Å². The zero-order valence-corrected chi connectivity index (χ0v) is 19.6. The molecule has 1 aliphatic heterocycles. The van der Waals surface area contributed by atoms with E-state index in [0.29, 0.717) is 23.7 Å². The van der Waals surface area contributed by atoms with Crippen molar-refractivity contribution in [2.24, 2.45) is 0 Å². The zero-order chi connectivity index (χ0) is 22.0. The Morgan fingerprint density at radius 1 is 1.16 bits per heavy atom. The molecule has 31 heavy (non-hydrogen) atoms. The van der Waals surface area contributed by atoms with Gasteiger partial charge in [0.25, 0.3) is 5.91 Å². The monoisotopic (exact) mass is 499 g/mol. The van der Waals surface area contributed by atoms with Gasteiger partial charge in [-0.2, -0.15) is 0 Å². The lowest BCUT2D eigenvalue weighted by molar-refractivity contribution is -0.119. The summed E-state index contributed by atoms with van der Waals surface area (Å²) in [6.07, 6.45) is 1.42. The van der Waals surface area contributed by atoms with Crippen LogP contribution >= 0.6 is 27.3 Å². The lowest BCUT2D eigenvalue weighted by Crippen LogP contribution is -2.43. The van der Waals surface area contributed by atoms with Gasteiger partial charge in [0.2, 0.25) is 11.0 Å². The van der Waals surface area contributed by atoms with Crippen LogP contribution < -0.4 is 10.2 Å². The van der Waals surface area contributed by atoms with Gasteiger partial charge in [0.15, 0.2) is 0 Å². The third-order valence-electron chi connectivity index (χ3n) is 5.17. The van der Waals surface area contributed by atoms with Gasteiger partial charge < -0.3 is 9.80 Å². The minimum atomic E-state index is -0.516. The van der Waals surface area contributed by atoms with Crippen LogP contribution in [0.5, 0.6) is 0 Å². The summed E-state index contributed by atoms with van der Waals surface area (Å²) in [5.41, 5.74) is 2.60. The van der Waals surface area contributed by atoms with Crippen molar-refractivity contribution in [3.63, 3.8) is 0 Å². The van der Waals surface area contributed by atoms with E-state index in [1.165, 1.54) is 11.3 Å². The average molecular weight is 500 g/mol. The molecule has 1 N–H and O–H groups in total. The number of hydrogen-bond acceptors (Lipinski definition) is 6. The predicted molar refractivity (Wildman–Crippen MR) is 127 cm³/mol. The first kappa shape index (κ1) is 21.5. The van der Waals surface area contributed by atoms with E-state index in [4.69, 9.17) is 0 Å². The molecule has 1 atom stereocenters. The van der Waals surface area contributed by atoms with E-state index in [1.54, 1.807) is 17.0 Å². The van der Waals surface area contributed by atoms with Crippen LogP contribution in [0.3, 0.4) is 0 Å². The third-order valence-corrected chi connectivity index (χ3v) is 6.55. The highest BCUT2D eigenvalue weighted by Crippen LogP contribution is 2.29. The van der Waals surface area contributed by atoms with E-state index in [0.717, 1.165) is 27.2 Å². The van der Waals surface area contributed by atoms with Gasteiger partial charge >= 0.3 is 0 Å². The molecule has 1 unspecified atom stereocenters. The van der Waals surface area contributed by atoms with Crippen LogP contribution in [0.15, 0.2) is 53.0 Å². The second-order valence-electron chi connectivity index (χ2n) is 7.51. The number of benzene rings is 2. The largest absolute Gasteiger partial charge is 0.378 e. The third kappa shape index (κ3) is 4.77. The van der Waals surface area contributed by atoms with Crippen LogP contribution in [-0.2, 0) is 4.79 Å². The van der Waals surface area contributed by atoms with Crippen molar-refractivity contribution in [2.45, 2.75) is 18.9 Å². The van der Waals surface area contributed by atoms with Crippen LogP contribution in [0.1, 0.15) is 23.2 Å². The van der Waals surface area contributed by atoms with Gasteiger partial charge in [0, 0.05) is 41.9 Å². The Kier molecular flexibility index (Phi) is 6.33. The van der Waals surface area contributed by atoms with Crippen molar-refractivity contribution in [3.8, 4) is 10.6 Å². The Morgan fingerprint density at radius 2 is 1.94 bits per heavy atom. The number of rotatable bonds is 5. The lowest BCUT2D eigenvalue weighted by atomic mass is 10.1. The minimum Gasteiger partial charge on any atom is -0.378 e. The highest BCUT2D eigenvalue weighted by Gasteiger charge is 2.35. The number of nitrogens with zero attached hydrogens (tertiary/aromatic N) is 4. The highest BCUT2D eigenvalue weighted by atomic mass is 79.9. The second-order valence-corrected chi connectivity index (χ2v) is 9.40. The van der Waals surface area contributed by atoms with E-state index in [9.17, 15) is 9.59 Å². The summed E-state index contributed by atoms with van der Waals surface area (Å²) in [7, 11) is 3.97. The minimum absolute atomic E-state index is 0.141. The van der Waals surface area contributed by atoms with Crippen molar-refractivity contribution in [2.75, 3.05) is 30.9 Å². The normalized spacial score (nSPS) is 15.7. The van der Waals surface area contributed by atoms with Crippen molar-refractivity contribution < 1.29 is 9.59 Å². The molecule has 0 spiro atoms. The Bertz CT molecular complexity index is 1100. The maximum Gasteiger partial charge on any atom is 0.254 e. The van der Waals surface area contributed by atoms with Crippen LogP contribution in [0.2, 0.25) is 0 Å². The zero-order valence-electron chi connectivity index (χ0n) is 17.2. The number of nitrogens with one attached hydrogen (secondary N) is 1. The Morgan fingerprint density at radius 3 is 2.65 bits per heavy atom. The molecule has 1 aromatic heterocycles. The summed E-state index contributed by atoms with van der Waals surface area (Å²) in [6, 6.07) is 14.7. The summed E-state index contributed by atoms with van der Waals surface area (Å²) >= 11 is 4.71. The molecule has 3 aromatic rings. The van der Waals surface area contributed by atoms with Crippen molar-refractivity contribution in [3.05, 3.63) is 58.6 Å². The Balaban J connectivity index is 1.45. The molecular formula is C22H22BrN5O2S. The molecule has 9 heteroatoms. The first-order valence-corrected chi connectivity index (χ1v) is 11.5. The Labute approximate surface area is 193 Å². The molecule has 1 fully saturated rings. The predicted octanol–water partition coefficient (Wildman–Crippen LogP) is 4.28. The van der Waals surface area contributed by atoms with E-state index >= 15 is 0 Å². The number of likely N-dealkylation sites (tertiary alicyclic amines) is 1. The fourth-order valence-electron chi connectivity index (χ4n) is 3.55. The topological polar surface area (TPSA) is 78.4 Å². The van der Waals surface area contributed by atoms with E-state index < -0.39 is 6.04 Å². The molecular weight excluding hydrogens is 478 g/mol. The van der Waals surface area contributed by atoms with Crippen LogP contribution in [-0.4, -0.2) is 53.6 Å². The second kappa shape index (κ2) is 9.15. The maximum absolute atomic E-state index is 12.9. The molecule has 4 rings (SSSR count). The molecule has 0 aliphatic carbocycles. The molecule has 0 saturated carbocycles. The first-order chi connectivity index (χ1) is 14.9. The first-order valence-electron chi connectivity index (χ1n) is 9.91. The molecule has 2 heterocycles. The SMILES string of the molecule is CN(C)c1ccc(-c2nnc(NC(=O)C3CCCN3C(=O)c3cccc(Br)c3)s2)cc1. The number of aromatic nitrogens is 2. The van der Waals surface area contributed by atoms with E-state index in [2.05, 4.69) is 31.4 Å². The van der Waals surface area contributed by atoms with Crippen molar-refractivity contribution in [1.82, 2.24) is 15.1 Å². The average Bonchev–Trinajstić information content (AvgIpc) is 3.43. The number of hydrogen-bond donors (Lipinski definition) is 1. The molecule has 0 radical (unpaired) electrons. The summed E-state index contributed by atoms with van der Waals surface area (Å²) in [5, 5.41) is 12.3. The molecule has 160 valence electrons. The number of carbonyl (C=O) groups is 2. The van der Waals surface area contributed by atoms with Crippen LogP contribution in [0, 0.1) is 0 Å².